The zero-order chi connectivity index (χ0) is 13.1. The molecule has 0 unspecified atom stereocenters. The number of methoxy groups -OCH3 is 1. The summed E-state index contributed by atoms with van der Waals surface area (Å²) in [4.78, 5) is 11.5. The molecule has 94 valence electrons. The number of para-hydroxylation sites is 1. The molecule has 3 nitrogen and oxygen atoms in total. The van der Waals surface area contributed by atoms with E-state index in [2.05, 4.69) is 0 Å². The monoisotopic (exact) mass is 236 g/mol. The third-order valence-electron chi connectivity index (χ3n) is 2.72. The first-order chi connectivity index (χ1) is 7.88. The maximum Gasteiger partial charge on any atom is 0.314 e. The van der Waals surface area contributed by atoms with E-state index >= 15 is 0 Å². The summed E-state index contributed by atoms with van der Waals surface area (Å²) >= 11 is 0. The molecule has 1 aromatic carbocycles. The lowest BCUT2D eigenvalue weighted by Gasteiger charge is -2.23. The average Bonchev–Trinajstić information content (AvgIpc) is 2.27. The van der Waals surface area contributed by atoms with Crippen LogP contribution in [0, 0.1) is 19.3 Å². The minimum Gasteiger partial charge on any atom is -0.492 e. The van der Waals surface area contributed by atoms with Gasteiger partial charge in [0.15, 0.2) is 0 Å². The highest BCUT2D eigenvalue weighted by molar-refractivity contribution is 5.75. The molecule has 17 heavy (non-hydrogen) atoms. The number of carbonyl (C=O) groups excluding carboxylic acids is 1. The summed E-state index contributed by atoms with van der Waals surface area (Å²) in [6, 6.07) is 5.98. The van der Waals surface area contributed by atoms with Gasteiger partial charge in [-0.25, -0.2) is 0 Å². The van der Waals surface area contributed by atoms with Crippen molar-refractivity contribution >= 4 is 5.97 Å². The minimum atomic E-state index is -0.635. The molecular formula is C14H20O3. The van der Waals surface area contributed by atoms with Crippen LogP contribution < -0.4 is 4.74 Å². The number of rotatable bonds is 4. The van der Waals surface area contributed by atoms with Gasteiger partial charge in [0.2, 0.25) is 0 Å². The summed E-state index contributed by atoms with van der Waals surface area (Å²) in [5, 5.41) is 0. The Labute approximate surface area is 103 Å². The molecule has 0 fully saturated rings. The smallest absolute Gasteiger partial charge is 0.314 e. The summed E-state index contributed by atoms with van der Waals surface area (Å²) in [6.45, 7) is 7.92. The Morgan fingerprint density at radius 3 is 2.24 bits per heavy atom. The highest BCUT2D eigenvalue weighted by atomic mass is 16.5. The fraction of sp³-hybridized carbons (Fsp3) is 0.500. The number of carbonyl (C=O) groups is 1. The van der Waals surface area contributed by atoms with Crippen molar-refractivity contribution in [3.8, 4) is 5.75 Å². The van der Waals surface area contributed by atoms with Crippen LogP contribution >= 0.6 is 0 Å². The van der Waals surface area contributed by atoms with Crippen molar-refractivity contribution in [3.63, 3.8) is 0 Å². The number of esters is 1. The van der Waals surface area contributed by atoms with Crippen LogP contribution in [0.1, 0.15) is 25.0 Å². The van der Waals surface area contributed by atoms with Crippen molar-refractivity contribution in [1.29, 1.82) is 0 Å². The fourth-order valence-corrected chi connectivity index (χ4v) is 1.61. The molecule has 0 amide bonds. The molecule has 0 saturated carbocycles. The van der Waals surface area contributed by atoms with E-state index in [1.165, 1.54) is 7.11 Å². The predicted molar refractivity (Wildman–Crippen MR) is 67.2 cm³/mol. The second-order valence-electron chi connectivity index (χ2n) is 4.89. The van der Waals surface area contributed by atoms with Gasteiger partial charge in [-0.15, -0.1) is 0 Å². The summed E-state index contributed by atoms with van der Waals surface area (Å²) in [5.41, 5.74) is 1.51. The van der Waals surface area contributed by atoms with E-state index in [1.54, 1.807) is 0 Å². The highest BCUT2D eigenvalue weighted by Crippen LogP contribution is 2.25. The van der Waals surface area contributed by atoms with Gasteiger partial charge in [0.05, 0.1) is 12.5 Å². The predicted octanol–water partition coefficient (Wildman–Crippen LogP) is 2.88. The number of ether oxygens (including phenoxy) is 2. The quantitative estimate of drug-likeness (QED) is 0.754. The number of benzene rings is 1. The van der Waals surface area contributed by atoms with Gasteiger partial charge in [-0.1, -0.05) is 18.2 Å². The molecule has 0 saturated heterocycles. The molecule has 0 aliphatic heterocycles. The fourth-order valence-electron chi connectivity index (χ4n) is 1.61. The van der Waals surface area contributed by atoms with Crippen LogP contribution in [0.15, 0.2) is 18.2 Å². The van der Waals surface area contributed by atoms with E-state index < -0.39 is 5.41 Å². The normalized spacial score (nSPS) is 11.1. The minimum absolute atomic E-state index is 0.260. The van der Waals surface area contributed by atoms with E-state index in [-0.39, 0.29) is 5.97 Å². The third kappa shape index (κ3) is 3.22. The lowest BCUT2D eigenvalue weighted by Crippen LogP contribution is -2.32. The van der Waals surface area contributed by atoms with E-state index in [0.29, 0.717) is 6.61 Å². The first-order valence-electron chi connectivity index (χ1n) is 5.66. The highest BCUT2D eigenvalue weighted by Gasteiger charge is 2.30. The SMILES string of the molecule is COC(=O)C(C)(C)COc1c(C)cccc1C. The Hall–Kier alpha value is -1.51. The third-order valence-corrected chi connectivity index (χ3v) is 2.72. The van der Waals surface area contributed by atoms with E-state index in [0.717, 1.165) is 16.9 Å². The summed E-state index contributed by atoms with van der Waals surface area (Å²) in [5.74, 6) is 0.591. The maximum atomic E-state index is 11.5. The van der Waals surface area contributed by atoms with Gasteiger partial charge in [0.25, 0.3) is 0 Å². The van der Waals surface area contributed by atoms with Crippen LogP contribution in [0.5, 0.6) is 5.75 Å². The van der Waals surface area contributed by atoms with Crippen molar-refractivity contribution in [2.45, 2.75) is 27.7 Å². The summed E-state index contributed by atoms with van der Waals surface area (Å²) in [7, 11) is 1.39. The van der Waals surface area contributed by atoms with Gasteiger partial charge in [0, 0.05) is 0 Å². The van der Waals surface area contributed by atoms with Crippen molar-refractivity contribution in [2.24, 2.45) is 5.41 Å². The maximum absolute atomic E-state index is 11.5. The molecule has 0 heterocycles. The summed E-state index contributed by atoms with van der Waals surface area (Å²) < 4.78 is 10.5. The second-order valence-corrected chi connectivity index (χ2v) is 4.89. The first kappa shape index (κ1) is 13.6. The molecule has 0 aliphatic rings. The van der Waals surface area contributed by atoms with Crippen molar-refractivity contribution < 1.29 is 14.3 Å². The molecule has 0 bridgehead atoms. The van der Waals surface area contributed by atoms with Crippen molar-refractivity contribution in [1.82, 2.24) is 0 Å². The standard InChI is InChI=1S/C14H20O3/c1-10-7-6-8-11(2)12(10)17-9-14(3,4)13(15)16-5/h6-8H,9H2,1-5H3. The van der Waals surface area contributed by atoms with Gasteiger partial charge in [-0.05, 0) is 38.8 Å². The molecule has 1 rings (SSSR count). The Morgan fingerprint density at radius 1 is 1.24 bits per heavy atom. The van der Waals surface area contributed by atoms with E-state index in [9.17, 15) is 4.79 Å². The molecule has 0 radical (unpaired) electrons. The molecule has 0 N–H and O–H groups in total. The van der Waals surface area contributed by atoms with Crippen molar-refractivity contribution in [3.05, 3.63) is 29.3 Å². The molecule has 0 aliphatic carbocycles. The molecule has 0 spiro atoms. The number of hydrogen-bond donors (Lipinski definition) is 0. The lowest BCUT2D eigenvalue weighted by atomic mass is 9.95. The lowest BCUT2D eigenvalue weighted by molar-refractivity contribution is -0.152. The van der Waals surface area contributed by atoms with Gasteiger partial charge in [0.1, 0.15) is 12.4 Å². The van der Waals surface area contributed by atoms with Gasteiger partial charge in [-0.3, -0.25) is 4.79 Å². The van der Waals surface area contributed by atoms with Crippen LogP contribution in [-0.2, 0) is 9.53 Å². The zero-order valence-electron chi connectivity index (χ0n) is 11.2. The van der Waals surface area contributed by atoms with Gasteiger partial charge in [-0.2, -0.15) is 0 Å². The van der Waals surface area contributed by atoms with Crippen LogP contribution in [-0.4, -0.2) is 19.7 Å². The molecule has 0 aromatic heterocycles. The zero-order valence-corrected chi connectivity index (χ0v) is 11.2. The summed E-state index contributed by atoms with van der Waals surface area (Å²) in [6.07, 6.45) is 0. The molecule has 3 heteroatoms. The largest absolute Gasteiger partial charge is 0.492 e. The van der Waals surface area contributed by atoms with Crippen LogP contribution in [0.2, 0.25) is 0 Å². The van der Waals surface area contributed by atoms with Gasteiger partial charge < -0.3 is 9.47 Å². The molecular weight excluding hydrogens is 216 g/mol. The topological polar surface area (TPSA) is 35.5 Å². The Bertz CT molecular complexity index is 388. The van der Waals surface area contributed by atoms with E-state index in [1.807, 2.05) is 45.9 Å². The van der Waals surface area contributed by atoms with Gasteiger partial charge >= 0.3 is 5.97 Å². The average molecular weight is 236 g/mol. The Kier molecular flexibility index (Phi) is 4.16. The second kappa shape index (κ2) is 5.21. The Balaban J connectivity index is 2.77. The Morgan fingerprint density at radius 2 is 1.76 bits per heavy atom. The van der Waals surface area contributed by atoms with Crippen molar-refractivity contribution in [2.75, 3.05) is 13.7 Å². The molecule has 0 atom stereocenters. The molecule has 1 aromatic rings. The van der Waals surface area contributed by atoms with E-state index in [4.69, 9.17) is 9.47 Å². The first-order valence-corrected chi connectivity index (χ1v) is 5.66. The van der Waals surface area contributed by atoms with Crippen LogP contribution in [0.3, 0.4) is 0 Å². The number of aryl methyl sites for hydroxylation is 2. The van der Waals surface area contributed by atoms with Crippen LogP contribution in [0.4, 0.5) is 0 Å². The number of hydrogen-bond acceptors (Lipinski definition) is 3. The van der Waals surface area contributed by atoms with Crippen LogP contribution in [0.25, 0.3) is 0 Å².